The van der Waals surface area contributed by atoms with Gasteiger partial charge in [0.15, 0.2) is 0 Å². The number of hydrogen-bond acceptors (Lipinski definition) is 5. The van der Waals surface area contributed by atoms with Crippen molar-refractivity contribution in [3.05, 3.63) is 45.1 Å². The van der Waals surface area contributed by atoms with E-state index < -0.39 is 0 Å². The first-order chi connectivity index (χ1) is 8.74. The molecule has 0 aliphatic heterocycles. The Morgan fingerprint density at radius 2 is 1.11 bits per heavy atom. The van der Waals surface area contributed by atoms with Gasteiger partial charge in [-0.2, -0.15) is 21.0 Å². The van der Waals surface area contributed by atoms with Gasteiger partial charge >= 0.3 is 0 Å². The molecule has 1 aliphatic rings. The zero-order valence-corrected chi connectivity index (χ0v) is 8.79. The fourth-order valence-electron chi connectivity index (χ4n) is 1.32. The van der Waals surface area contributed by atoms with Crippen molar-refractivity contribution in [2.24, 2.45) is 0 Å². The van der Waals surface area contributed by atoms with Crippen molar-refractivity contribution in [1.82, 2.24) is 0 Å². The minimum Gasteiger partial charge on any atom is -0.251 e. The van der Waals surface area contributed by atoms with Crippen LogP contribution >= 0.6 is 0 Å². The average molecular weight is 227 g/mol. The van der Waals surface area contributed by atoms with E-state index in [0.29, 0.717) is 0 Å². The molecule has 0 aromatic carbocycles. The van der Waals surface area contributed by atoms with Gasteiger partial charge in [0.05, 0.1) is 27.9 Å². The van der Waals surface area contributed by atoms with Gasteiger partial charge < -0.3 is 0 Å². The summed E-state index contributed by atoms with van der Waals surface area (Å²) in [6.45, 7) is 0. The van der Waals surface area contributed by atoms with E-state index in [0.717, 1.165) is 0 Å². The van der Waals surface area contributed by atoms with E-state index in [2.05, 4.69) is 17.2 Å². The molecule has 0 unspecified atom stereocenters. The van der Waals surface area contributed by atoms with Gasteiger partial charge in [-0.05, 0) is 11.5 Å². The van der Waals surface area contributed by atoms with Gasteiger partial charge in [-0.3, -0.25) is 5.41 Å². The summed E-state index contributed by atoms with van der Waals surface area (Å²) in [6, 6.07) is 6.93. The van der Waals surface area contributed by atoms with Gasteiger partial charge in [-0.1, -0.05) is 0 Å². The first-order valence-electron chi connectivity index (χ1n) is 4.39. The number of allylic oxidation sites excluding steroid dienone is 5. The lowest BCUT2D eigenvalue weighted by atomic mass is 10.1. The predicted octanol–water partition coefficient (Wildman–Crippen LogP) is 1.33. The normalized spacial score (nSPS) is 12.1. The molecule has 0 atom stereocenters. The summed E-state index contributed by atoms with van der Waals surface area (Å²) in [4.78, 5) is 0. The molecule has 0 radical (unpaired) electrons. The van der Waals surface area contributed by atoms with Gasteiger partial charge in [0.1, 0.15) is 24.3 Å². The highest BCUT2D eigenvalue weighted by Gasteiger charge is 2.29. The Morgan fingerprint density at radius 3 is 1.44 bits per heavy atom. The molecular formula is C13HN5. The van der Waals surface area contributed by atoms with Crippen molar-refractivity contribution in [3.8, 4) is 24.3 Å². The largest absolute Gasteiger partial charge is 0.251 e. The number of nitrogens with one attached hydrogen (secondary N) is 1. The minimum absolute atomic E-state index is 0.0100. The van der Waals surface area contributed by atoms with Crippen LogP contribution in [0.25, 0.3) is 0 Å². The zero-order valence-electron chi connectivity index (χ0n) is 8.79. The van der Waals surface area contributed by atoms with Crippen LogP contribution in [0.4, 0.5) is 0 Å². The first kappa shape index (κ1) is 12.3. The van der Waals surface area contributed by atoms with Gasteiger partial charge in [0.25, 0.3) is 0 Å². The van der Waals surface area contributed by atoms with Crippen LogP contribution in [-0.4, -0.2) is 5.87 Å². The van der Waals surface area contributed by atoms with Crippen LogP contribution in [0.15, 0.2) is 45.1 Å². The smallest absolute Gasteiger partial charge is 0.102 e. The molecule has 0 fully saturated rings. The Bertz CT molecular complexity index is 764. The molecular weight excluding hydrogens is 226 g/mol. The summed E-state index contributed by atoms with van der Waals surface area (Å²) < 4.78 is 0. The number of nitriles is 4. The molecule has 0 aromatic rings. The van der Waals surface area contributed by atoms with Crippen LogP contribution in [0.5, 0.6) is 0 Å². The first-order valence-corrected chi connectivity index (χ1v) is 4.39. The molecule has 5 nitrogen and oxygen atoms in total. The second kappa shape index (κ2) is 5.35. The Balaban J connectivity index is 3.93. The van der Waals surface area contributed by atoms with Crippen molar-refractivity contribution in [1.29, 1.82) is 26.5 Å². The third-order valence-electron chi connectivity index (χ3n) is 2.01. The second-order valence-corrected chi connectivity index (χ2v) is 2.82. The standard InChI is InChI=1S/C13HN5/c14-4-2-1-3-9-10(5-15)12(7-17)13(8-18)11(9)6-16/h14H. The van der Waals surface area contributed by atoms with Crippen LogP contribution in [0.2, 0.25) is 0 Å². The third-order valence-corrected chi connectivity index (χ3v) is 2.01. The molecule has 1 rings (SSSR count). The predicted molar refractivity (Wildman–Crippen MR) is 58.3 cm³/mol. The third kappa shape index (κ3) is 1.81. The van der Waals surface area contributed by atoms with Crippen LogP contribution in [0.1, 0.15) is 0 Å². The molecule has 0 saturated heterocycles. The molecule has 0 heterocycles. The molecule has 0 amide bonds. The monoisotopic (exact) mass is 227 g/mol. The highest BCUT2D eigenvalue weighted by Crippen LogP contribution is 2.35. The maximum atomic E-state index is 8.95. The van der Waals surface area contributed by atoms with Crippen molar-refractivity contribution in [2.75, 3.05) is 0 Å². The van der Waals surface area contributed by atoms with Crippen LogP contribution in [0.3, 0.4) is 0 Å². The summed E-state index contributed by atoms with van der Waals surface area (Å²) in [5.74, 6) is 1.79. The van der Waals surface area contributed by atoms with E-state index in [-0.39, 0.29) is 27.9 Å². The van der Waals surface area contributed by atoms with Crippen LogP contribution in [-0.2, 0) is 0 Å². The lowest BCUT2D eigenvalue weighted by molar-refractivity contribution is 1.42. The number of hydrogen-bond donors (Lipinski definition) is 1. The molecule has 18 heavy (non-hydrogen) atoms. The molecule has 1 aliphatic carbocycles. The SMILES string of the molecule is N#CC1=C(C#N)C(C#N)=C(C#N)C1=C=C=C=C=N. The summed E-state index contributed by atoms with van der Waals surface area (Å²) in [5.41, 5.74) is 6.32. The van der Waals surface area contributed by atoms with E-state index in [1.165, 1.54) is 0 Å². The maximum Gasteiger partial charge on any atom is 0.102 e. The second-order valence-electron chi connectivity index (χ2n) is 2.82. The molecule has 1 N–H and O–H groups in total. The van der Waals surface area contributed by atoms with E-state index in [1.54, 1.807) is 30.1 Å². The van der Waals surface area contributed by atoms with Gasteiger partial charge in [-0.15, -0.1) is 0 Å². The Kier molecular flexibility index (Phi) is 3.66. The zero-order chi connectivity index (χ0) is 13.5. The van der Waals surface area contributed by atoms with Crippen molar-refractivity contribution >= 4 is 5.87 Å². The average Bonchev–Trinajstić information content (AvgIpc) is 2.70. The number of rotatable bonds is 0. The summed E-state index contributed by atoms with van der Waals surface area (Å²) in [5, 5.41) is 42.3. The molecule has 5 heteroatoms. The minimum atomic E-state index is -0.153. The van der Waals surface area contributed by atoms with E-state index >= 15 is 0 Å². The quantitative estimate of drug-likeness (QED) is 0.495. The van der Waals surface area contributed by atoms with Gasteiger partial charge in [-0.25, -0.2) is 0 Å². The Hall–Kier alpha value is -3.77. The van der Waals surface area contributed by atoms with Crippen molar-refractivity contribution < 1.29 is 0 Å². The fraction of sp³-hybridized carbons (Fsp3) is 0. The maximum absolute atomic E-state index is 8.95. The highest BCUT2D eigenvalue weighted by atomic mass is 14.4. The lowest BCUT2D eigenvalue weighted by Gasteiger charge is -1.90. The summed E-state index contributed by atoms with van der Waals surface area (Å²) in [7, 11) is 0. The lowest BCUT2D eigenvalue weighted by Crippen LogP contribution is -1.84. The van der Waals surface area contributed by atoms with E-state index in [9.17, 15) is 0 Å². The van der Waals surface area contributed by atoms with Crippen molar-refractivity contribution in [3.63, 3.8) is 0 Å². The molecule has 0 spiro atoms. The molecule has 0 aromatic heterocycles. The molecule has 78 valence electrons. The fourth-order valence-corrected chi connectivity index (χ4v) is 1.32. The summed E-state index contributed by atoms with van der Waals surface area (Å²) >= 11 is 0. The van der Waals surface area contributed by atoms with Crippen LogP contribution < -0.4 is 0 Å². The summed E-state index contributed by atoms with van der Waals surface area (Å²) in [6.07, 6.45) is 0. The Morgan fingerprint density at radius 1 is 0.667 bits per heavy atom. The van der Waals surface area contributed by atoms with E-state index in [1.807, 2.05) is 0 Å². The van der Waals surface area contributed by atoms with Gasteiger partial charge in [0, 0.05) is 11.6 Å². The highest BCUT2D eigenvalue weighted by molar-refractivity contribution is 5.78. The van der Waals surface area contributed by atoms with Crippen molar-refractivity contribution in [2.45, 2.75) is 0 Å². The molecule has 0 saturated carbocycles. The number of nitrogens with zero attached hydrogens (tertiary/aromatic N) is 4. The van der Waals surface area contributed by atoms with Gasteiger partial charge in [0.2, 0.25) is 0 Å². The molecule has 0 bridgehead atoms. The Labute approximate surface area is 102 Å². The topological polar surface area (TPSA) is 119 Å². The van der Waals surface area contributed by atoms with Crippen LogP contribution in [0, 0.1) is 50.7 Å². The van der Waals surface area contributed by atoms with E-state index in [4.69, 9.17) is 26.5 Å².